The van der Waals surface area contributed by atoms with Crippen LogP contribution in [0.2, 0.25) is 0 Å². The van der Waals surface area contributed by atoms with Crippen molar-refractivity contribution in [3.63, 3.8) is 0 Å². The topological polar surface area (TPSA) is 81.4 Å². The van der Waals surface area contributed by atoms with Crippen molar-refractivity contribution in [2.75, 3.05) is 20.3 Å². The first-order chi connectivity index (χ1) is 9.73. The van der Waals surface area contributed by atoms with Crippen LogP contribution >= 0.6 is 0 Å². The van der Waals surface area contributed by atoms with Crippen molar-refractivity contribution in [3.05, 3.63) is 29.6 Å². The number of hydrogen-bond acceptors (Lipinski definition) is 4. The van der Waals surface area contributed by atoms with Gasteiger partial charge in [0, 0.05) is 32.4 Å². The third-order valence-electron chi connectivity index (χ3n) is 3.29. The Bertz CT molecular complexity index is 574. The highest BCUT2D eigenvalue weighted by atomic mass is 32.2. The van der Waals surface area contributed by atoms with E-state index in [1.54, 1.807) is 7.11 Å². The second-order valence-corrected chi connectivity index (χ2v) is 7.39. The monoisotopic (exact) mass is 318 g/mol. The normalized spacial score (nSPS) is 12.6. The van der Waals surface area contributed by atoms with Gasteiger partial charge in [0.2, 0.25) is 10.0 Å². The average molecular weight is 318 g/mol. The maximum absolute atomic E-state index is 13.6. The van der Waals surface area contributed by atoms with Crippen LogP contribution in [0.5, 0.6) is 0 Å². The van der Waals surface area contributed by atoms with Crippen molar-refractivity contribution in [1.82, 2.24) is 4.72 Å². The first-order valence-electron chi connectivity index (χ1n) is 6.69. The van der Waals surface area contributed by atoms with Crippen molar-refractivity contribution in [2.45, 2.75) is 31.7 Å². The van der Waals surface area contributed by atoms with E-state index in [-0.39, 0.29) is 29.0 Å². The molecule has 1 rings (SSSR count). The SMILES string of the molecule is COCCC(C)(C)CNS(=O)(=O)c1cccc(F)c1CN. The molecule has 0 radical (unpaired) electrons. The second-order valence-electron chi connectivity index (χ2n) is 5.65. The molecule has 0 saturated heterocycles. The van der Waals surface area contributed by atoms with E-state index in [9.17, 15) is 12.8 Å². The minimum Gasteiger partial charge on any atom is -0.385 e. The summed E-state index contributed by atoms with van der Waals surface area (Å²) in [6.45, 7) is 4.48. The molecule has 0 fully saturated rings. The third kappa shape index (κ3) is 5.03. The predicted octanol–water partition coefficient (Wildman–Crippen LogP) is 1.63. The third-order valence-corrected chi connectivity index (χ3v) is 4.78. The number of sulfonamides is 1. The number of hydrogen-bond donors (Lipinski definition) is 2. The van der Waals surface area contributed by atoms with Gasteiger partial charge in [0.1, 0.15) is 5.82 Å². The smallest absolute Gasteiger partial charge is 0.241 e. The lowest BCUT2D eigenvalue weighted by atomic mass is 9.90. The molecule has 0 amide bonds. The van der Waals surface area contributed by atoms with E-state index in [2.05, 4.69) is 4.72 Å². The zero-order valence-electron chi connectivity index (χ0n) is 12.6. The quantitative estimate of drug-likeness (QED) is 0.763. The molecule has 1 aromatic carbocycles. The van der Waals surface area contributed by atoms with Crippen LogP contribution in [-0.2, 0) is 21.3 Å². The zero-order chi connectivity index (χ0) is 16.1. The molecular weight excluding hydrogens is 295 g/mol. The number of benzene rings is 1. The minimum atomic E-state index is -3.79. The fourth-order valence-corrected chi connectivity index (χ4v) is 3.32. The highest BCUT2D eigenvalue weighted by Gasteiger charge is 2.24. The van der Waals surface area contributed by atoms with Gasteiger partial charge >= 0.3 is 0 Å². The lowest BCUT2D eigenvalue weighted by molar-refractivity contribution is 0.153. The van der Waals surface area contributed by atoms with E-state index in [0.717, 1.165) is 0 Å². The van der Waals surface area contributed by atoms with Gasteiger partial charge in [0.05, 0.1) is 4.90 Å². The van der Waals surface area contributed by atoms with E-state index in [1.807, 2.05) is 13.8 Å². The Morgan fingerprint density at radius 1 is 1.38 bits per heavy atom. The summed E-state index contributed by atoms with van der Waals surface area (Å²) in [4.78, 5) is -0.104. The maximum Gasteiger partial charge on any atom is 0.241 e. The molecule has 0 saturated carbocycles. The molecule has 5 nitrogen and oxygen atoms in total. The maximum atomic E-state index is 13.6. The van der Waals surface area contributed by atoms with Gasteiger partial charge in [-0.2, -0.15) is 0 Å². The molecule has 3 N–H and O–H groups in total. The zero-order valence-corrected chi connectivity index (χ0v) is 13.5. The Morgan fingerprint density at radius 2 is 2.05 bits per heavy atom. The van der Waals surface area contributed by atoms with Crippen molar-refractivity contribution in [1.29, 1.82) is 0 Å². The molecule has 0 spiro atoms. The molecule has 0 heterocycles. The summed E-state index contributed by atoms with van der Waals surface area (Å²) in [6, 6.07) is 3.92. The Balaban J connectivity index is 2.90. The highest BCUT2D eigenvalue weighted by molar-refractivity contribution is 7.89. The summed E-state index contributed by atoms with van der Waals surface area (Å²) >= 11 is 0. The number of ether oxygens (including phenoxy) is 1. The van der Waals surface area contributed by atoms with E-state index >= 15 is 0 Å². The Labute approximate surface area is 125 Å². The standard InChI is InChI=1S/C14H23FN2O3S/c1-14(2,7-8-20-3)10-17-21(18,19)13-6-4-5-12(15)11(13)9-16/h4-6,17H,7-10,16H2,1-3H3. The van der Waals surface area contributed by atoms with Crippen molar-refractivity contribution in [2.24, 2.45) is 11.1 Å². The molecule has 0 aliphatic rings. The van der Waals surface area contributed by atoms with Crippen LogP contribution in [0.25, 0.3) is 0 Å². The molecule has 120 valence electrons. The number of methoxy groups -OCH3 is 1. The van der Waals surface area contributed by atoms with Crippen LogP contribution < -0.4 is 10.5 Å². The van der Waals surface area contributed by atoms with E-state index in [1.165, 1.54) is 18.2 Å². The van der Waals surface area contributed by atoms with Gasteiger partial charge in [-0.05, 0) is 24.0 Å². The van der Waals surface area contributed by atoms with Crippen LogP contribution in [0, 0.1) is 11.2 Å². The van der Waals surface area contributed by atoms with Crippen LogP contribution in [0.1, 0.15) is 25.8 Å². The molecule has 0 unspecified atom stereocenters. The molecule has 0 aliphatic heterocycles. The van der Waals surface area contributed by atoms with Gasteiger partial charge < -0.3 is 10.5 Å². The summed E-state index contributed by atoms with van der Waals surface area (Å²) in [7, 11) is -2.20. The Kier molecular flexibility index (Phi) is 6.27. The van der Waals surface area contributed by atoms with Crippen molar-refractivity contribution < 1.29 is 17.5 Å². The summed E-state index contributed by atoms with van der Waals surface area (Å²) in [5.41, 5.74) is 5.18. The fraction of sp³-hybridized carbons (Fsp3) is 0.571. The molecule has 0 aliphatic carbocycles. The second kappa shape index (κ2) is 7.31. The fourth-order valence-electron chi connectivity index (χ4n) is 1.82. The Hall–Kier alpha value is -1.02. The van der Waals surface area contributed by atoms with Gasteiger partial charge in [-0.15, -0.1) is 0 Å². The predicted molar refractivity (Wildman–Crippen MR) is 79.8 cm³/mol. The van der Waals surface area contributed by atoms with Gasteiger partial charge in [0.25, 0.3) is 0 Å². The van der Waals surface area contributed by atoms with Gasteiger partial charge in [-0.25, -0.2) is 17.5 Å². The van der Waals surface area contributed by atoms with Gasteiger partial charge in [-0.1, -0.05) is 19.9 Å². The van der Waals surface area contributed by atoms with Crippen LogP contribution in [0.15, 0.2) is 23.1 Å². The summed E-state index contributed by atoms with van der Waals surface area (Å²) in [5.74, 6) is -0.612. The molecule has 21 heavy (non-hydrogen) atoms. The van der Waals surface area contributed by atoms with E-state index < -0.39 is 15.8 Å². The van der Waals surface area contributed by atoms with Crippen LogP contribution in [0.4, 0.5) is 4.39 Å². The van der Waals surface area contributed by atoms with E-state index in [4.69, 9.17) is 10.5 Å². The first-order valence-corrected chi connectivity index (χ1v) is 8.18. The molecule has 7 heteroatoms. The van der Waals surface area contributed by atoms with Crippen molar-refractivity contribution in [3.8, 4) is 0 Å². The van der Waals surface area contributed by atoms with Crippen molar-refractivity contribution >= 4 is 10.0 Å². The van der Waals surface area contributed by atoms with Crippen LogP contribution in [-0.4, -0.2) is 28.7 Å². The highest BCUT2D eigenvalue weighted by Crippen LogP contribution is 2.22. The first kappa shape index (κ1) is 18.0. The van der Waals surface area contributed by atoms with Crippen LogP contribution in [0.3, 0.4) is 0 Å². The lowest BCUT2D eigenvalue weighted by Gasteiger charge is -2.24. The van der Waals surface area contributed by atoms with Gasteiger partial charge in [-0.3, -0.25) is 0 Å². The van der Waals surface area contributed by atoms with Gasteiger partial charge in [0.15, 0.2) is 0 Å². The molecule has 0 aromatic heterocycles. The van der Waals surface area contributed by atoms with E-state index in [0.29, 0.717) is 13.0 Å². The average Bonchev–Trinajstić information content (AvgIpc) is 2.43. The number of nitrogens with two attached hydrogens (primary N) is 1. The molecule has 0 bridgehead atoms. The molecule has 1 aromatic rings. The number of rotatable bonds is 8. The summed E-state index contributed by atoms with van der Waals surface area (Å²) in [6.07, 6.45) is 0.707. The number of nitrogens with one attached hydrogen (secondary N) is 1. The Morgan fingerprint density at radius 3 is 2.62 bits per heavy atom. The molecule has 0 atom stereocenters. The number of halogens is 1. The lowest BCUT2D eigenvalue weighted by Crippen LogP contribution is -2.35. The largest absolute Gasteiger partial charge is 0.385 e. The molecular formula is C14H23FN2O3S. The summed E-state index contributed by atoms with van der Waals surface area (Å²) < 4.78 is 45.8. The minimum absolute atomic E-state index is 0.000280. The summed E-state index contributed by atoms with van der Waals surface area (Å²) in [5, 5.41) is 0.